The van der Waals surface area contributed by atoms with E-state index in [9.17, 15) is 9.59 Å². The van der Waals surface area contributed by atoms with E-state index in [1.165, 1.54) is 0 Å². The maximum atomic E-state index is 10.1. The van der Waals surface area contributed by atoms with Crippen LogP contribution in [0.4, 0.5) is 0 Å². The Balaban J connectivity index is -0.000000405. The third kappa shape index (κ3) is 7.08. The normalized spacial score (nSPS) is 13.2. The zero-order valence-corrected chi connectivity index (χ0v) is 6.55. The fourth-order valence-corrected chi connectivity index (χ4v) is 0.525. The van der Waals surface area contributed by atoms with Crippen LogP contribution in [0.2, 0.25) is 0 Å². The van der Waals surface area contributed by atoms with Crippen LogP contribution in [0.15, 0.2) is 0 Å². The Morgan fingerprint density at radius 3 is 1.17 bits per heavy atom. The summed E-state index contributed by atoms with van der Waals surface area (Å²) < 4.78 is 0. The summed E-state index contributed by atoms with van der Waals surface area (Å²) >= 11 is 7.00. The molecular weight excluding hydrogens is 222 g/mol. The van der Waals surface area contributed by atoms with Gasteiger partial charge in [0.25, 0.3) is 0 Å². The molecule has 0 saturated carbocycles. The second kappa shape index (κ2) is 9.21. The van der Waals surface area contributed by atoms with Crippen molar-refractivity contribution < 1.29 is 19.8 Å². The second-order valence-corrected chi connectivity index (χ2v) is 2.68. The number of rotatable bonds is 3. The molecule has 0 aliphatic carbocycles. The van der Waals surface area contributed by atoms with E-state index in [4.69, 9.17) is 10.2 Å². The van der Waals surface area contributed by atoms with Crippen molar-refractivity contribution in [2.75, 3.05) is 0 Å². The van der Waals surface area contributed by atoms with Gasteiger partial charge in [0.2, 0.25) is 0 Å². The molecule has 0 aromatic carbocycles. The van der Waals surface area contributed by atoms with Gasteiger partial charge in [-0.25, -0.2) is 0 Å². The van der Waals surface area contributed by atoms with Crippen LogP contribution in [0.1, 0.15) is 0 Å². The van der Waals surface area contributed by atoms with Crippen molar-refractivity contribution >= 4 is 96.3 Å². The molecule has 0 spiro atoms. The van der Waals surface area contributed by atoms with E-state index in [0.717, 1.165) is 0 Å². The third-order valence-corrected chi connectivity index (χ3v) is 2.08. The predicted octanol–water partition coefficient (Wildman–Crippen LogP) is -1.54. The molecule has 0 amide bonds. The van der Waals surface area contributed by atoms with Crippen LogP contribution in [0.3, 0.4) is 0 Å². The van der Waals surface area contributed by atoms with Gasteiger partial charge in [-0.1, -0.05) is 0 Å². The Hall–Kier alpha value is 1.64. The van der Waals surface area contributed by atoms with Crippen LogP contribution in [0.25, 0.3) is 0 Å². The Morgan fingerprint density at radius 1 is 0.917 bits per heavy atom. The molecule has 0 aliphatic rings. The summed E-state index contributed by atoms with van der Waals surface area (Å²) in [6, 6.07) is 0. The average molecular weight is 230 g/mol. The molecule has 2 N–H and O–H groups in total. The second-order valence-electron chi connectivity index (χ2n) is 1.57. The molecule has 0 saturated heterocycles. The van der Waals surface area contributed by atoms with Crippen LogP contribution >= 0.6 is 25.3 Å². The summed E-state index contributed by atoms with van der Waals surface area (Å²) in [4.78, 5) is 20.1. The van der Waals surface area contributed by atoms with Gasteiger partial charge in [-0.3, -0.25) is 9.59 Å². The number of aliphatic carboxylic acids is 2. The van der Waals surface area contributed by atoms with Crippen LogP contribution < -0.4 is 0 Å². The minimum absolute atomic E-state index is 0. The number of carboxylic acid groups (broad SMARTS) is 2. The SMILES string of the molecule is O=C(O)C(S)C(S)C(=O)O.[NaH].[NaH]. The van der Waals surface area contributed by atoms with E-state index >= 15 is 0 Å². The summed E-state index contributed by atoms with van der Waals surface area (Å²) in [6.45, 7) is 0. The van der Waals surface area contributed by atoms with Gasteiger partial charge in [-0.2, -0.15) is 25.3 Å². The first-order valence-corrected chi connectivity index (χ1v) is 3.32. The van der Waals surface area contributed by atoms with Gasteiger partial charge in [-0.15, -0.1) is 0 Å². The molecule has 4 nitrogen and oxygen atoms in total. The van der Waals surface area contributed by atoms with Gasteiger partial charge in [0.15, 0.2) is 0 Å². The molecule has 12 heavy (non-hydrogen) atoms. The first kappa shape index (κ1) is 19.2. The number of hydrogen-bond acceptors (Lipinski definition) is 4. The average Bonchev–Trinajstić information content (AvgIpc) is 1.84. The molecule has 0 bridgehead atoms. The summed E-state index contributed by atoms with van der Waals surface area (Å²) in [7, 11) is 0. The standard InChI is InChI=1S/C4H6O4S2.2Na.2H/c5-3(6)1(9)2(10)4(7)8;;;;/h1-2,9-10H,(H,5,6)(H,7,8);;;;. The third-order valence-electron chi connectivity index (χ3n) is 0.805. The van der Waals surface area contributed by atoms with Crippen molar-refractivity contribution in [1.29, 1.82) is 0 Å². The van der Waals surface area contributed by atoms with Crippen LogP contribution in [0.5, 0.6) is 0 Å². The summed E-state index contributed by atoms with van der Waals surface area (Å²) in [5.74, 6) is -2.57. The van der Waals surface area contributed by atoms with E-state index in [2.05, 4.69) is 25.3 Å². The zero-order chi connectivity index (χ0) is 8.31. The van der Waals surface area contributed by atoms with Crippen molar-refractivity contribution in [3.05, 3.63) is 0 Å². The molecule has 62 valence electrons. The topological polar surface area (TPSA) is 74.6 Å². The fraction of sp³-hybridized carbons (Fsp3) is 0.500. The van der Waals surface area contributed by atoms with E-state index < -0.39 is 22.4 Å². The first-order valence-electron chi connectivity index (χ1n) is 2.28. The van der Waals surface area contributed by atoms with Gasteiger partial charge in [0, 0.05) is 0 Å². The van der Waals surface area contributed by atoms with Gasteiger partial charge in [0.1, 0.15) is 10.5 Å². The van der Waals surface area contributed by atoms with Crippen molar-refractivity contribution in [2.45, 2.75) is 10.5 Å². The molecule has 0 rings (SSSR count). The van der Waals surface area contributed by atoms with E-state index in [1.54, 1.807) is 0 Å². The van der Waals surface area contributed by atoms with Gasteiger partial charge < -0.3 is 10.2 Å². The molecule has 8 heteroatoms. The predicted molar refractivity (Wildman–Crippen MR) is 55.1 cm³/mol. The molecule has 2 unspecified atom stereocenters. The molecule has 0 aromatic heterocycles. The van der Waals surface area contributed by atoms with E-state index in [-0.39, 0.29) is 59.1 Å². The summed E-state index contributed by atoms with van der Waals surface area (Å²) in [5.41, 5.74) is 0. The van der Waals surface area contributed by atoms with Crippen molar-refractivity contribution in [2.24, 2.45) is 0 Å². The van der Waals surface area contributed by atoms with Gasteiger partial charge in [-0.05, 0) is 0 Å². The minimum atomic E-state index is -1.29. The molecule has 0 fully saturated rings. The van der Waals surface area contributed by atoms with Crippen LogP contribution in [0, 0.1) is 0 Å². The van der Waals surface area contributed by atoms with Gasteiger partial charge >= 0.3 is 71.1 Å². The molecule has 0 heterocycles. The van der Waals surface area contributed by atoms with E-state index in [1.807, 2.05) is 0 Å². The Kier molecular flexibility index (Phi) is 14.8. The monoisotopic (exact) mass is 230 g/mol. The van der Waals surface area contributed by atoms with Gasteiger partial charge in [0.05, 0.1) is 0 Å². The van der Waals surface area contributed by atoms with E-state index in [0.29, 0.717) is 0 Å². The van der Waals surface area contributed by atoms with Crippen molar-refractivity contribution in [3.8, 4) is 0 Å². The fourth-order valence-electron chi connectivity index (χ4n) is 0.270. The van der Waals surface area contributed by atoms with Crippen molar-refractivity contribution in [3.63, 3.8) is 0 Å². The molecule has 0 aromatic rings. The number of carboxylic acids is 2. The van der Waals surface area contributed by atoms with Crippen LogP contribution in [-0.2, 0) is 9.59 Å². The van der Waals surface area contributed by atoms with Crippen LogP contribution in [-0.4, -0.2) is 91.8 Å². The first-order chi connectivity index (χ1) is 4.46. The molecule has 0 radical (unpaired) electrons. The number of hydrogen-bond donors (Lipinski definition) is 4. The molecular formula is C4H8Na2O4S2. The zero-order valence-electron chi connectivity index (χ0n) is 4.76. The summed E-state index contributed by atoms with van der Waals surface area (Å²) in [5, 5.41) is 13.9. The molecule has 2 atom stereocenters. The Bertz CT molecular complexity index is 147. The molecule has 0 aliphatic heterocycles. The number of carbonyl (C=O) groups is 2. The quantitative estimate of drug-likeness (QED) is 0.350. The summed E-state index contributed by atoms with van der Waals surface area (Å²) in [6.07, 6.45) is 0. The Labute approximate surface area is 125 Å². The van der Waals surface area contributed by atoms with Crippen molar-refractivity contribution in [1.82, 2.24) is 0 Å². The Morgan fingerprint density at radius 2 is 1.08 bits per heavy atom. The number of thiol groups is 2. The maximum absolute atomic E-state index is 10.1.